The number of hydrogen-bond acceptors (Lipinski definition) is 3. The first kappa shape index (κ1) is 16.2. The van der Waals surface area contributed by atoms with Crippen LogP contribution in [0.5, 0.6) is 0 Å². The first-order chi connectivity index (χ1) is 9.89. The second-order valence-corrected chi connectivity index (χ2v) is 7.80. The minimum Gasteiger partial charge on any atom is -0.310 e. The van der Waals surface area contributed by atoms with E-state index in [9.17, 15) is 8.42 Å². The van der Waals surface area contributed by atoms with E-state index in [1.165, 1.54) is 0 Å². The molecule has 0 fully saturated rings. The zero-order valence-corrected chi connectivity index (χ0v) is 13.8. The third kappa shape index (κ3) is 4.15. The summed E-state index contributed by atoms with van der Waals surface area (Å²) in [6.45, 7) is 7.97. The number of rotatable bonds is 5. The molecule has 5 heteroatoms. The van der Waals surface area contributed by atoms with Crippen LogP contribution in [-0.4, -0.2) is 31.9 Å². The lowest BCUT2D eigenvalue weighted by atomic mass is 10.2. The van der Waals surface area contributed by atoms with Crippen molar-refractivity contribution in [3.05, 3.63) is 41.5 Å². The van der Waals surface area contributed by atoms with Gasteiger partial charge in [-0.3, -0.25) is 0 Å². The van der Waals surface area contributed by atoms with Crippen LogP contribution in [-0.2, 0) is 16.6 Å². The van der Waals surface area contributed by atoms with E-state index in [2.05, 4.69) is 25.2 Å². The van der Waals surface area contributed by atoms with Crippen molar-refractivity contribution in [1.29, 1.82) is 0 Å². The highest BCUT2D eigenvalue weighted by atomic mass is 32.2. The number of nitrogens with one attached hydrogen (secondary N) is 1. The maximum absolute atomic E-state index is 12.6. The molecule has 0 spiro atoms. The van der Waals surface area contributed by atoms with Crippen LogP contribution in [0.15, 0.2) is 40.8 Å². The van der Waals surface area contributed by atoms with Gasteiger partial charge < -0.3 is 5.32 Å². The van der Waals surface area contributed by atoms with Gasteiger partial charge in [0.25, 0.3) is 0 Å². The fourth-order valence-electron chi connectivity index (χ4n) is 2.33. The van der Waals surface area contributed by atoms with E-state index in [1.54, 1.807) is 16.4 Å². The van der Waals surface area contributed by atoms with Crippen molar-refractivity contribution in [2.24, 2.45) is 0 Å². The van der Waals surface area contributed by atoms with Crippen molar-refractivity contribution in [3.8, 4) is 0 Å². The molecule has 0 aliphatic carbocycles. The summed E-state index contributed by atoms with van der Waals surface area (Å²) in [6, 6.07) is 7.60. The molecule has 1 N–H and O–H groups in total. The van der Waals surface area contributed by atoms with Crippen LogP contribution in [0.4, 0.5) is 0 Å². The molecule has 1 heterocycles. The molecule has 0 saturated heterocycles. The lowest BCUT2D eigenvalue weighted by Gasteiger charge is -2.25. The van der Waals surface area contributed by atoms with Crippen molar-refractivity contribution in [2.75, 3.05) is 13.1 Å². The minimum absolute atomic E-state index is 0.380. The Morgan fingerprint density at radius 2 is 1.90 bits per heavy atom. The summed E-state index contributed by atoms with van der Waals surface area (Å²) in [7, 11) is -3.37. The maximum atomic E-state index is 12.6. The first-order valence-corrected chi connectivity index (χ1v) is 8.81. The van der Waals surface area contributed by atoms with Gasteiger partial charge >= 0.3 is 0 Å². The van der Waals surface area contributed by atoms with Gasteiger partial charge in [0.1, 0.15) is 0 Å². The van der Waals surface area contributed by atoms with E-state index in [1.807, 2.05) is 19.1 Å². The third-order valence-corrected chi connectivity index (χ3v) is 5.43. The van der Waals surface area contributed by atoms with E-state index in [0.29, 0.717) is 24.0 Å². The van der Waals surface area contributed by atoms with Gasteiger partial charge in [0.05, 0.1) is 4.90 Å². The van der Waals surface area contributed by atoms with Gasteiger partial charge in [-0.2, -0.15) is 4.31 Å². The zero-order valence-electron chi connectivity index (χ0n) is 13.0. The molecule has 0 saturated carbocycles. The van der Waals surface area contributed by atoms with Crippen LogP contribution < -0.4 is 5.32 Å². The number of benzene rings is 1. The predicted octanol–water partition coefficient (Wildman–Crippen LogP) is 2.53. The fourth-order valence-corrected chi connectivity index (χ4v) is 3.83. The van der Waals surface area contributed by atoms with Crippen molar-refractivity contribution in [1.82, 2.24) is 9.62 Å². The molecule has 1 aliphatic rings. The molecule has 0 bridgehead atoms. The molecule has 4 nitrogen and oxygen atoms in total. The fraction of sp³-hybridized carbons (Fsp3) is 0.500. The van der Waals surface area contributed by atoms with Crippen molar-refractivity contribution < 1.29 is 8.42 Å². The summed E-state index contributed by atoms with van der Waals surface area (Å²) in [5, 5.41) is 3.32. The summed E-state index contributed by atoms with van der Waals surface area (Å²) < 4.78 is 26.7. The molecule has 0 atom stereocenters. The van der Waals surface area contributed by atoms with Crippen LogP contribution in [0.3, 0.4) is 0 Å². The average Bonchev–Trinajstić information content (AvgIpc) is 2.45. The Labute approximate surface area is 127 Å². The molecular weight excluding hydrogens is 284 g/mol. The molecule has 2 rings (SSSR count). The summed E-state index contributed by atoms with van der Waals surface area (Å²) in [4.78, 5) is 0.380. The van der Waals surface area contributed by atoms with Gasteiger partial charge in [0.15, 0.2) is 0 Å². The highest BCUT2D eigenvalue weighted by Gasteiger charge is 2.25. The van der Waals surface area contributed by atoms with E-state index < -0.39 is 10.0 Å². The highest BCUT2D eigenvalue weighted by molar-refractivity contribution is 7.89. The van der Waals surface area contributed by atoms with E-state index in [-0.39, 0.29) is 0 Å². The van der Waals surface area contributed by atoms with Crippen molar-refractivity contribution in [3.63, 3.8) is 0 Å². The Morgan fingerprint density at radius 1 is 1.24 bits per heavy atom. The molecule has 1 aromatic rings. The topological polar surface area (TPSA) is 49.4 Å². The Bertz CT molecular complexity index is 604. The van der Waals surface area contributed by atoms with Gasteiger partial charge in [-0.05, 0) is 31.0 Å². The zero-order chi connectivity index (χ0) is 15.5. The second kappa shape index (κ2) is 6.73. The Morgan fingerprint density at radius 3 is 2.48 bits per heavy atom. The average molecular weight is 308 g/mol. The molecule has 1 aliphatic heterocycles. The SMILES string of the molecule is CC1=CCCN(S(=O)(=O)c2ccc(CNC(C)C)cc2)C1. The molecular formula is C16H24N2O2S. The standard InChI is InChI=1S/C16H24N2O2S/c1-13(2)17-11-15-6-8-16(9-7-15)21(19,20)18-10-4-5-14(3)12-18/h5-9,13,17H,4,10-12H2,1-3H3. The molecule has 0 radical (unpaired) electrons. The lowest BCUT2D eigenvalue weighted by Crippen LogP contribution is -2.35. The monoisotopic (exact) mass is 308 g/mol. The molecule has 0 aromatic heterocycles. The largest absolute Gasteiger partial charge is 0.310 e. The van der Waals surface area contributed by atoms with Gasteiger partial charge in [0, 0.05) is 25.7 Å². The first-order valence-electron chi connectivity index (χ1n) is 7.37. The van der Waals surface area contributed by atoms with Crippen LogP contribution in [0.25, 0.3) is 0 Å². The van der Waals surface area contributed by atoms with Gasteiger partial charge in [0.2, 0.25) is 10.0 Å². The van der Waals surface area contributed by atoms with Crippen LogP contribution in [0.1, 0.15) is 32.8 Å². The number of hydrogen-bond donors (Lipinski definition) is 1. The Hall–Kier alpha value is -1.17. The van der Waals surface area contributed by atoms with Crippen LogP contribution in [0.2, 0.25) is 0 Å². The molecule has 0 unspecified atom stereocenters. The van der Waals surface area contributed by atoms with Crippen LogP contribution >= 0.6 is 0 Å². The number of nitrogens with zero attached hydrogens (tertiary/aromatic N) is 1. The van der Waals surface area contributed by atoms with Gasteiger partial charge in [-0.25, -0.2) is 8.42 Å². The molecule has 21 heavy (non-hydrogen) atoms. The lowest BCUT2D eigenvalue weighted by molar-refractivity contribution is 0.428. The predicted molar refractivity (Wildman–Crippen MR) is 85.6 cm³/mol. The second-order valence-electron chi connectivity index (χ2n) is 5.86. The maximum Gasteiger partial charge on any atom is 0.243 e. The highest BCUT2D eigenvalue weighted by Crippen LogP contribution is 2.20. The van der Waals surface area contributed by atoms with Gasteiger partial charge in [-0.1, -0.05) is 37.6 Å². The van der Waals surface area contributed by atoms with E-state index >= 15 is 0 Å². The Balaban J connectivity index is 2.12. The van der Waals surface area contributed by atoms with Crippen molar-refractivity contribution >= 4 is 10.0 Å². The van der Waals surface area contributed by atoms with Gasteiger partial charge in [-0.15, -0.1) is 0 Å². The molecule has 0 amide bonds. The minimum atomic E-state index is -3.37. The summed E-state index contributed by atoms with van der Waals surface area (Å²) >= 11 is 0. The quantitative estimate of drug-likeness (QED) is 0.850. The Kier molecular flexibility index (Phi) is 5.19. The summed E-state index contributed by atoms with van der Waals surface area (Å²) in [5.74, 6) is 0. The number of sulfonamides is 1. The van der Waals surface area contributed by atoms with Crippen molar-refractivity contribution in [2.45, 2.75) is 44.7 Å². The van der Waals surface area contributed by atoms with Crippen LogP contribution in [0, 0.1) is 0 Å². The smallest absolute Gasteiger partial charge is 0.243 e. The summed E-state index contributed by atoms with van der Waals surface area (Å²) in [6.07, 6.45) is 2.90. The van der Waals surface area contributed by atoms with E-state index in [0.717, 1.165) is 24.1 Å². The normalized spacial score (nSPS) is 17.0. The third-order valence-electron chi connectivity index (χ3n) is 3.57. The van der Waals surface area contributed by atoms with E-state index in [4.69, 9.17) is 0 Å². The molecule has 116 valence electrons. The molecule has 1 aromatic carbocycles. The summed E-state index contributed by atoms with van der Waals surface area (Å²) in [5.41, 5.74) is 2.21.